The van der Waals surface area contributed by atoms with Gasteiger partial charge in [0.05, 0.1) is 0 Å². The van der Waals surface area contributed by atoms with Crippen LogP contribution in [0.4, 0.5) is 5.69 Å². The van der Waals surface area contributed by atoms with E-state index >= 15 is 0 Å². The van der Waals surface area contributed by atoms with Crippen LogP contribution in [0, 0.1) is 5.41 Å². The SMILES string of the molecule is CC1(C)CC(=O)N(c2ccccc2)[C@]1(C)O. The van der Waals surface area contributed by atoms with Gasteiger partial charge in [-0.15, -0.1) is 0 Å². The molecule has 1 N–H and O–H groups in total. The lowest BCUT2D eigenvalue weighted by Gasteiger charge is -2.38. The molecule has 1 aromatic carbocycles. The number of hydrogen-bond acceptors (Lipinski definition) is 2. The lowest BCUT2D eigenvalue weighted by Crippen LogP contribution is -2.50. The summed E-state index contributed by atoms with van der Waals surface area (Å²) in [4.78, 5) is 13.5. The third-order valence-electron chi connectivity index (χ3n) is 3.57. The van der Waals surface area contributed by atoms with E-state index < -0.39 is 11.1 Å². The molecule has 2 rings (SSSR count). The van der Waals surface area contributed by atoms with E-state index in [0.717, 1.165) is 5.69 Å². The van der Waals surface area contributed by atoms with Crippen LogP contribution in [0.3, 0.4) is 0 Å². The Balaban J connectivity index is 2.47. The molecule has 1 atom stereocenters. The predicted molar refractivity (Wildman–Crippen MR) is 62.9 cm³/mol. The monoisotopic (exact) mass is 219 g/mol. The maximum Gasteiger partial charge on any atom is 0.230 e. The first-order valence-corrected chi connectivity index (χ1v) is 5.47. The number of rotatable bonds is 1. The van der Waals surface area contributed by atoms with Crippen molar-refractivity contribution in [2.75, 3.05) is 4.90 Å². The molecule has 0 aromatic heterocycles. The van der Waals surface area contributed by atoms with E-state index in [-0.39, 0.29) is 5.91 Å². The van der Waals surface area contributed by atoms with E-state index in [1.807, 2.05) is 44.2 Å². The number of hydrogen-bond donors (Lipinski definition) is 1. The first-order chi connectivity index (χ1) is 7.36. The van der Waals surface area contributed by atoms with E-state index in [4.69, 9.17) is 0 Å². The number of amides is 1. The quantitative estimate of drug-likeness (QED) is 0.786. The number of para-hydroxylation sites is 1. The van der Waals surface area contributed by atoms with Gasteiger partial charge < -0.3 is 5.11 Å². The maximum absolute atomic E-state index is 12.0. The molecule has 1 aliphatic heterocycles. The molecule has 0 bridgehead atoms. The highest BCUT2D eigenvalue weighted by atomic mass is 16.3. The molecule has 1 aromatic rings. The molecular formula is C13H17NO2. The molecule has 0 unspecified atom stereocenters. The van der Waals surface area contributed by atoms with Gasteiger partial charge in [-0.1, -0.05) is 32.0 Å². The second-order valence-corrected chi connectivity index (χ2v) is 5.15. The van der Waals surface area contributed by atoms with Crippen molar-refractivity contribution in [3.05, 3.63) is 30.3 Å². The molecule has 3 nitrogen and oxygen atoms in total. The molecule has 0 radical (unpaired) electrons. The Morgan fingerprint density at radius 2 is 1.75 bits per heavy atom. The standard InChI is InChI=1S/C13H17NO2/c1-12(2)9-11(15)14(13(12,3)16)10-7-5-4-6-8-10/h4-8,16H,9H2,1-3H3/t13-/m1/s1. The molecule has 16 heavy (non-hydrogen) atoms. The summed E-state index contributed by atoms with van der Waals surface area (Å²) in [6, 6.07) is 9.31. The first kappa shape index (κ1) is 11.1. The van der Waals surface area contributed by atoms with Crippen molar-refractivity contribution in [3.8, 4) is 0 Å². The number of nitrogens with zero attached hydrogens (tertiary/aromatic N) is 1. The lowest BCUT2D eigenvalue weighted by atomic mass is 9.82. The summed E-state index contributed by atoms with van der Waals surface area (Å²) in [5.74, 6) is -0.0267. The van der Waals surface area contributed by atoms with Crippen molar-refractivity contribution >= 4 is 11.6 Å². The van der Waals surface area contributed by atoms with Crippen molar-refractivity contribution < 1.29 is 9.90 Å². The van der Waals surface area contributed by atoms with Gasteiger partial charge >= 0.3 is 0 Å². The molecular weight excluding hydrogens is 202 g/mol. The zero-order valence-electron chi connectivity index (χ0n) is 9.90. The van der Waals surface area contributed by atoms with E-state index in [9.17, 15) is 9.90 Å². The Kier molecular flexibility index (Phi) is 2.31. The van der Waals surface area contributed by atoms with Gasteiger partial charge in [-0.2, -0.15) is 0 Å². The third kappa shape index (κ3) is 1.43. The van der Waals surface area contributed by atoms with Crippen LogP contribution in [0.5, 0.6) is 0 Å². The second kappa shape index (κ2) is 3.32. The molecule has 1 aliphatic rings. The van der Waals surface area contributed by atoms with Crippen LogP contribution in [0.15, 0.2) is 30.3 Å². The van der Waals surface area contributed by atoms with Gasteiger partial charge in [0.15, 0.2) is 0 Å². The number of benzene rings is 1. The number of carbonyl (C=O) groups is 1. The highest BCUT2D eigenvalue weighted by molar-refractivity contribution is 5.97. The van der Waals surface area contributed by atoms with Crippen LogP contribution in [0.2, 0.25) is 0 Å². The van der Waals surface area contributed by atoms with E-state index in [2.05, 4.69) is 0 Å². The average molecular weight is 219 g/mol. The van der Waals surface area contributed by atoms with Crippen molar-refractivity contribution in [1.82, 2.24) is 0 Å². The molecule has 1 saturated heterocycles. The minimum atomic E-state index is -1.13. The van der Waals surface area contributed by atoms with Gasteiger partial charge in [-0.3, -0.25) is 9.69 Å². The van der Waals surface area contributed by atoms with Crippen molar-refractivity contribution in [3.63, 3.8) is 0 Å². The molecule has 1 heterocycles. The topological polar surface area (TPSA) is 40.5 Å². The Morgan fingerprint density at radius 3 is 2.19 bits per heavy atom. The zero-order chi connectivity index (χ0) is 12.0. The summed E-state index contributed by atoms with van der Waals surface area (Å²) in [7, 11) is 0. The van der Waals surface area contributed by atoms with Gasteiger partial charge in [0.25, 0.3) is 0 Å². The minimum absolute atomic E-state index is 0.0267. The molecule has 0 spiro atoms. The Bertz CT molecular complexity index is 409. The fourth-order valence-electron chi connectivity index (χ4n) is 2.14. The summed E-state index contributed by atoms with van der Waals surface area (Å²) >= 11 is 0. The van der Waals surface area contributed by atoms with Crippen LogP contribution in [-0.2, 0) is 4.79 Å². The fraction of sp³-hybridized carbons (Fsp3) is 0.462. The summed E-state index contributed by atoms with van der Waals surface area (Å²) in [6.07, 6.45) is 0.370. The molecule has 1 amide bonds. The highest BCUT2D eigenvalue weighted by Crippen LogP contribution is 2.45. The van der Waals surface area contributed by atoms with Crippen LogP contribution in [0.25, 0.3) is 0 Å². The average Bonchev–Trinajstić information content (AvgIpc) is 2.33. The van der Waals surface area contributed by atoms with Gasteiger partial charge in [0, 0.05) is 17.5 Å². The smallest absolute Gasteiger partial charge is 0.230 e. The van der Waals surface area contributed by atoms with Crippen LogP contribution in [-0.4, -0.2) is 16.7 Å². The van der Waals surface area contributed by atoms with Gasteiger partial charge in [-0.25, -0.2) is 0 Å². The largest absolute Gasteiger partial charge is 0.370 e. The van der Waals surface area contributed by atoms with Crippen molar-refractivity contribution in [1.29, 1.82) is 0 Å². The lowest BCUT2D eigenvalue weighted by molar-refractivity contribution is -0.118. The van der Waals surface area contributed by atoms with E-state index in [0.29, 0.717) is 6.42 Å². The predicted octanol–water partition coefficient (Wildman–Crippen LogP) is 2.16. The van der Waals surface area contributed by atoms with Crippen molar-refractivity contribution in [2.45, 2.75) is 32.9 Å². The molecule has 3 heteroatoms. The number of carbonyl (C=O) groups excluding carboxylic acids is 1. The van der Waals surface area contributed by atoms with E-state index in [1.54, 1.807) is 6.92 Å². The van der Waals surface area contributed by atoms with Crippen molar-refractivity contribution in [2.24, 2.45) is 5.41 Å². The zero-order valence-corrected chi connectivity index (χ0v) is 9.90. The van der Waals surface area contributed by atoms with Crippen LogP contribution < -0.4 is 4.90 Å². The normalized spacial score (nSPS) is 28.5. The molecule has 86 valence electrons. The summed E-state index contributed by atoms with van der Waals surface area (Å²) < 4.78 is 0. The first-order valence-electron chi connectivity index (χ1n) is 5.47. The summed E-state index contributed by atoms with van der Waals surface area (Å²) in [5.41, 5.74) is -0.811. The van der Waals surface area contributed by atoms with E-state index in [1.165, 1.54) is 4.90 Å². The second-order valence-electron chi connectivity index (χ2n) is 5.15. The number of anilines is 1. The maximum atomic E-state index is 12.0. The highest BCUT2D eigenvalue weighted by Gasteiger charge is 2.54. The Morgan fingerprint density at radius 1 is 1.19 bits per heavy atom. The molecule has 0 aliphatic carbocycles. The molecule has 0 saturated carbocycles. The van der Waals surface area contributed by atoms with Crippen LogP contribution in [0.1, 0.15) is 27.2 Å². The van der Waals surface area contributed by atoms with Gasteiger partial charge in [-0.05, 0) is 19.1 Å². The fourth-order valence-corrected chi connectivity index (χ4v) is 2.14. The number of aliphatic hydroxyl groups is 1. The van der Waals surface area contributed by atoms with Gasteiger partial charge in [0.2, 0.25) is 5.91 Å². The summed E-state index contributed by atoms with van der Waals surface area (Å²) in [5, 5.41) is 10.5. The van der Waals surface area contributed by atoms with Gasteiger partial charge in [0.1, 0.15) is 5.72 Å². The Hall–Kier alpha value is -1.35. The summed E-state index contributed by atoms with van der Waals surface area (Å²) in [6.45, 7) is 5.52. The minimum Gasteiger partial charge on any atom is -0.370 e. The Labute approximate surface area is 95.7 Å². The third-order valence-corrected chi connectivity index (χ3v) is 3.57. The molecule has 1 fully saturated rings. The van der Waals surface area contributed by atoms with Crippen LogP contribution >= 0.6 is 0 Å².